The van der Waals surface area contributed by atoms with Gasteiger partial charge in [0.15, 0.2) is 0 Å². The number of amides is 3. The SMILES string of the molecule is CC1CCCCC1C(=O)N1CCc2ccccc2C1CN1C(=O)c2ccc(F)cc2C1=O. The van der Waals surface area contributed by atoms with E-state index in [-0.39, 0.29) is 29.5 Å². The number of rotatable bonds is 3. The van der Waals surface area contributed by atoms with E-state index in [9.17, 15) is 18.8 Å². The molecular formula is C26H27FN2O3. The Balaban J connectivity index is 1.48. The van der Waals surface area contributed by atoms with Crippen molar-refractivity contribution in [2.45, 2.75) is 45.1 Å². The molecule has 166 valence electrons. The lowest BCUT2D eigenvalue weighted by Gasteiger charge is -2.42. The zero-order valence-electron chi connectivity index (χ0n) is 18.2. The molecule has 3 amide bonds. The number of nitrogens with zero attached hydrogens (tertiary/aromatic N) is 2. The second kappa shape index (κ2) is 8.15. The van der Waals surface area contributed by atoms with Crippen molar-refractivity contribution in [3.63, 3.8) is 0 Å². The monoisotopic (exact) mass is 434 g/mol. The molecule has 2 aromatic carbocycles. The first-order chi connectivity index (χ1) is 15.5. The molecule has 3 aliphatic rings. The van der Waals surface area contributed by atoms with Crippen molar-refractivity contribution >= 4 is 17.7 Å². The Labute approximate surface area is 187 Å². The third kappa shape index (κ3) is 3.42. The molecule has 0 radical (unpaired) electrons. The molecule has 0 N–H and O–H groups in total. The lowest BCUT2D eigenvalue weighted by Crippen LogP contribution is -2.49. The quantitative estimate of drug-likeness (QED) is 0.674. The van der Waals surface area contributed by atoms with Crippen LogP contribution in [-0.2, 0) is 11.2 Å². The number of carbonyl (C=O) groups is 3. The Kier molecular flexibility index (Phi) is 5.31. The second-order valence-electron chi connectivity index (χ2n) is 9.28. The van der Waals surface area contributed by atoms with Gasteiger partial charge in [-0.05, 0) is 54.5 Å². The molecule has 3 atom stereocenters. The minimum Gasteiger partial charge on any atom is -0.333 e. The number of hydrogen-bond acceptors (Lipinski definition) is 3. The van der Waals surface area contributed by atoms with Gasteiger partial charge in [0, 0.05) is 12.5 Å². The molecule has 0 spiro atoms. The average Bonchev–Trinajstić information content (AvgIpc) is 3.03. The third-order valence-electron chi connectivity index (χ3n) is 7.41. The van der Waals surface area contributed by atoms with E-state index in [1.165, 1.54) is 17.0 Å². The predicted octanol–water partition coefficient (Wildman–Crippen LogP) is 4.37. The van der Waals surface area contributed by atoms with Crippen molar-refractivity contribution in [1.29, 1.82) is 0 Å². The molecule has 2 aromatic rings. The van der Waals surface area contributed by atoms with E-state index in [0.29, 0.717) is 12.5 Å². The average molecular weight is 435 g/mol. The summed E-state index contributed by atoms with van der Waals surface area (Å²) in [6.45, 7) is 2.80. The molecule has 5 rings (SSSR count). The van der Waals surface area contributed by atoms with Crippen LogP contribution in [0, 0.1) is 17.7 Å². The van der Waals surface area contributed by atoms with Crippen LogP contribution in [-0.4, -0.2) is 40.6 Å². The summed E-state index contributed by atoms with van der Waals surface area (Å²) in [7, 11) is 0. The van der Waals surface area contributed by atoms with Gasteiger partial charge in [-0.2, -0.15) is 0 Å². The summed E-state index contributed by atoms with van der Waals surface area (Å²) in [5, 5.41) is 0. The molecule has 0 bridgehead atoms. The molecule has 2 aliphatic heterocycles. The smallest absolute Gasteiger partial charge is 0.261 e. The first-order valence-corrected chi connectivity index (χ1v) is 11.5. The largest absolute Gasteiger partial charge is 0.333 e. The maximum absolute atomic E-state index is 13.7. The first kappa shape index (κ1) is 20.9. The minimum absolute atomic E-state index is 0.0206. The lowest BCUT2D eigenvalue weighted by atomic mass is 9.78. The van der Waals surface area contributed by atoms with Gasteiger partial charge in [-0.3, -0.25) is 19.3 Å². The fourth-order valence-corrected chi connectivity index (χ4v) is 5.61. The van der Waals surface area contributed by atoms with Crippen LogP contribution in [0.2, 0.25) is 0 Å². The van der Waals surface area contributed by atoms with Gasteiger partial charge >= 0.3 is 0 Å². The molecule has 32 heavy (non-hydrogen) atoms. The Hall–Kier alpha value is -3.02. The van der Waals surface area contributed by atoms with Crippen molar-refractivity contribution in [1.82, 2.24) is 9.80 Å². The highest BCUT2D eigenvalue weighted by molar-refractivity contribution is 6.21. The van der Waals surface area contributed by atoms with Crippen LogP contribution in [0.1, 0.15) is 70.5 Å². The molecule has 1 aliphatic carbocycles. The molecule has 6 heteroatoms. The number of benzene rings is 2. The van der Waals surface area contributed by atoms with Crippen LogP contribution < -0.4 is 0 Å². The van der Waals surface area contributed by atoms with Crippen molar-refractivity contribution in [2.75, 3.05) is 13.1 Å². The van der Waals surface area contributed by atoms with E-state index >= 15 is 0 Å². The van der Waals surface area contributed by atoms with E-state index in [1.807, 2.05) is 29.2 Å². The van der Waals surface area contributed by atoms with Crippen LogP contribution in [0.5, 0.6) is 0 Å². The summed E-state index contributed by atoms with van der Waals surface area (Å²) < 4.78 is 13.7. The fraction of sp³-hybridized carbons (Fsp3) is 0.423. The molecule has 5 nitrogen and oxygen atoms in total. The highest BCUT2D eigenvalue weighted by Crippen LogP contribution is 2.37. The molecule has 1 fully saturated rings. The predicted molar refractivity (Wildman–Crippen MR) is 117 cm³/mol. The molecule has 1 saturated carbocycles. The molecule has 0 saturated heterocycles. The van der Waals surface area contributed by atoms with Gasteiger partial charge in [0.05, 0.1) is 23.7 Å². The van der Waals surface area contributed by atoms with Crippen LogP contribution >= 0.6 is 0 Å². The van der Waals surface area contributed by atoms with Gasteiger partial charge < -0.3 is 4.90 Å². The van der Waals surface area contributed by atoms with Crippen molar-refractivity contribution < 1.29 is 18.8 Å². The zero-order valence-corrected chi connectivity index (χ0v) is 18.2. The van der Waals surface area contributed by atoms with Crippen LogP contribution in [0.15, 0.2) is 42.5 Å². The van der Waals surface area contributed by atoms with Gasteiger partial charge in [-0.15, -0.1) is 0 Å². The highest BCUT2D eigenvalue weighted by Gasteiger charge is 2.42. The fourth-order valence-electron chi connectivity index (χ4n) is 5.61. The number of hydrogen-bond donors (Lipinski definition) is 0. The Morgan fingerprint density at radius 2 is 1.78 bits per heavy atom. The summed E-state index contributed by atoms with van der Waals surface area (Å²) >= 11 is 0. The normalized spacial score (nSPS) is 25.0. The maximum Gasteiger partial charge on any atom is 0.261 e. The highest BCUT2D eigenvalue weighted by atomic mass is 19.1. The van der Waals surface area contributed by atoms with E-state index in [4.69, 9.17) is 0 Å². The van der Waals surface area contributed by atoms with Gasteiger partial charge in [-0.1, -0.05) is 44.0 Å². The molecule has 2 heterocycles. The molecular weight excluding hydrogens is 407 g/mol. The maximum atomic E-state index is 13.7. The molecule has 3 unspecified atom stereocenters. The number of imide groups is 1. The van der Waals surface area contributed by atoms with E-state index < -0.39 is 23.7 Å². The Morgan fingerprint density at radius 1 is 1.03 bits per heavy atom. The van der Waals surface area contributed by atoms with Crippen molar-refractivity contribution in [3.8, 4) is 0 Å². The summed E-state index contributed by atoms with van der Waals surface area (Å²) in [5.74, 6) is -1.03. The second-order valence-corrected chi connectivity index (χ2v) is 9.28. The third-order valence-corrected chi connectivity index (χ3v) is 7.41. The van der Waals surface area contributed by atoms with E-state index in [0.717, 1.165) is 49.3 Å². The van der Waals surface area contributed by atoms with Gasteiger partial charge in [-0.25, -0.2) is 4.39 Å². The summed E-state index contributed by atoms with van der Waals surface area (Å²) in [5.41, 5.74) is 2.44. The van der Waals surface area contributed by atoms with E-state index in [2.05, 4.69) is 6.92 Å². The first-order valence-electron chi connectivity index (χ1n) is 11.5. The van der Waals surface area contributed by atoms with Crippen LogP contribution in [0.3, 0.4) is 0 Å². The van der Waals surface area contributed by atoms with Gasteiger partial charge in [0.2, 0.25) is 5.91 Å². The number of halogens is 1. The Morgan fingerprint density at radius 3 is 2.59 bits per heavy atom. The Bertz CT molecular complexity index is 1100. The van der Waals surface area contributed by atoms with Crippen molar-refractivity contribution in [3.05, 3.63) is 70.5 Å². The molecule has 0 aromatic heterocycles. The van der Waals surface area contributed by atoms with Gasteiger partial charge in [0.1, 0.15) is 5.82 Å². The summed E-state index contributed by atoms with van der Waals surface area (Å²) in [6, 6.07) is 11.2. The topological polar surface area (TPSA) is 57.7 Å². The van der Waals surface area contributed by atoms with Crippen LogP contribution in [0.4, 0.5) is 4.39 Å². The van der Waals surface area contributed by atoms with Crippen molar-refractivity contribution in [2.24, 2.45) is 11.8 Å². The number of fused-ring (bicyclic) bond motifs is 2. The van der Waals surface area contributed by atoms with Gasteiger partial charge in [0.25, 0.3) is 11.8 Å². The summed E-state index contributed by atoms with van der Waals surface area (Å²) in [4.78, 5) is 42.8. The number of carbonyl (C=O) groups excluding carboxylic acids is 3. The van der Waals surface area contributed by atoms with E-state index in [1.54, 1.807) is 0 Å². The standard InChI is InChI=1S/C26H27FN2O3/c1-16-6-2-4-8-19(16)24(30)28-13-12-17-7-3-5-9-20(17)23(28)15-29-25(31)21-11-10-18(27)14-22(21)26(29)32/h3,5,7,9-11,14,16,19,23H,2,4,6,8,12-13,15H2,1H3. The minimum atomic E-state index is -0.544. The van der Waals surface area contributed by atoms with Crippen LogP contribution in [0.25, 0.3) is 0 Å². The summed E-state index contributed by atoms with van der Waals surface area (Å²) in [6.07, 6.45) is 4.90. The zero-order chi connectivity index (χ0) is 22.4. The lowest BCUT2D eigenvalue weighted by molar-refractivity contribution is -0.141.